The van der Waals surface area contributed by atoms with Crippen LogP contribution in [0.25, 0.3) is 0 Å². The zero-order valence-electron chi connectivity index (χ0n) is 12.0. The highest BCUT2D eigenvalue weighted by atomic mass is 35.5. The number of carbonyl (C=O) groups excluding carboxylic acids is 1. The van der Waals surface area contributed by atoms with E-state index in [-0.39, 0.29) is 5.91 Å². The van der Waals surface area contributed by atoms with Gasteiger partial charge in [-0.1, -0.05) is 29.8 Å². The molecular weight excluding hydrogens is 284 g/mol. The number of aromatic nitrogens is 1. The third-order valence-corrected chi connectivity index (χ3v) is 3.50. The summed E-state index contributed by atoms with van der Waals surface area (Å²) >= 11 is 5.82. The minimum Gasteiger partial charge on any atom is -0.352 e. The van der Waals surface area contributed by atoms with Gasteiger partial charge in [-0.05, 0) is 24.1 Å². The summed E-state index contributed by atoms with van der Waals surface area (Å²) in [6.45, 7) is 1.51. The molecule has 0 fully saturated rings. The lowest BCUT2D eigenvalue weighted by Crippen LogP contribution is -2.32. The van der Waals surface area contributed by atoms with Gasteiger partial charge >= 0.3 is 0 Å². The van der Waals surface area contributed by atoms with Gasteiger partial charge in [0.2, 0.25) is 5.91 Å². The lowest BCUT2D eigenvalue weighted by Gasteiger charge is -2.05. The summed E-state index contributed by atoms with van der Waals surface area (Å²) in [4.78, 5) is 11.8. The average molecular weight is 304 g/mol. The fourth-order valence-electron chi connectivity index (χ4n) is 2.05. The maximum absolute atomic E-state index is 11.8. The number of amides is 1. The molecule has 4 heteroatoms. The topological polar surface area (TPSA) is 33.0 Å². The Kier molecular flexibility index (Phi) is 6.22. The predicted octanol–water partition coefficient (Wildman–Crippen LogP) is 3.11. The lowest BCUT2D eigenvalue weighted by molar-refractivity contribution is -0.697. The number of nitrogens with one attached hydrogen (secondary N) is 1. The van der Waals surface area contributed by atoms with Crippen LogP contribution >= 0.6 is 11.6 Å². The molecule has 0 bridgehead atoms. The molecule has 0 spiro atoms. The van der Waals surface area contributed by atoms with Crippen LogP contribution in [0.1, 0.15) is 24.8 Å². The SMILES string of the molecule is O=C(CCCC[n+]1ccccc1)NCc1ccc(Cl)cc1. The Balaban J connectivity index is 1.60. The van der Waals surface area contributed by atoms with E-state index in [0.29, 0.717) is 18.0 Å². The van der Waals surface area contributed by atoms with E-state index in [1.165, 1.54) is 0 Å². The summed E-state index contributed by atoms with van der Waals surface area (Å²) in [5.74, 6) is 0.100. The van der Waals surface area contributed by atoms with Gasteiger partial charge in [-0.25, -0.2) is 4.57 Å². The van der Waals surface area contributed by atoms with E-state index in [4.69, 9.17) is 11.6 Å². The minimum atomic E-state index is 0.100. The molecule has 0 aliphatic carbocycles. The van der Waals surface area contributed by atoms with Gasteiger partial charge in [0.25, 0.3) is 0 Å². The van der Waals surface area contributed by atoms with Gasteiger partial charge in [-0.2, -0.15) is 0 Å². The number of hydrogen-bond donors (Lipinski definition) is 1. The van der Waals surface area contributed by atoms with Crippen molar-refractivity contribution < 1.29 is 9.36 Å². The second-order valence-electron chi connectivity index (χ2n) is 4.97. The molecule has 1 heterocycles. The standard InChI is InChI=1S/C17H19ClN2O/c18-16-9-7-15(8-10-16)14-19-17(21)6-2-5-13-20-11-3-1-4-12-20/h1,3-4,7-12H,2,5-6,13-14H2/p+1. The Bertz CT molecular complexity index is 555. The number of rotatable bonds is 7. The Labute approximate surface area is 130 Å². The number of pyridine rings is 1. The van der Waals surface area contributed by atoms with Gasteiger partial charge in [-0.15, -0.1) is 0 Å². The summed E-state index contributed by atoms with van der Waals surface area (Å²) in [6, 6.07) is 13.5. The van der Waals surface area contributed by atoms with E-state index < -0.39 is 0 Å². The third kappa shape index (κ3) is 5.96. The molecule has 0 unspecified atom stereocenters. The zero-order chi connectivity index (χ0) is 14.9. The molecule has 1 N–H and O–H groups in total. The normalized spacial score (nSPS) is 10.3. The Morgan fingerprint density at radius 2 is 1.76 bits per heavy atom. The number of unbranched alkanes of at least 4 members (excludes halogenated alkanes) is 1. The highest BCUT2D eigenvalue weighted by Gasteiger charge is 2.03. The maximum Gasteiger partial charge on any atom is 0.220 e. The van der Waals surface area contributed by atoms with Gasteiger partial charge in [0.1, 0.15) is 6.54 Å². The van der Waals surface area contributed by atoms with Crippen LogP contribution in [-0.4, -0.2) is 5.91 Å². The Morgan fingerprint density at radius 1 is 1.05 bits per heavy atom. The van der Waals surface area contributed by atoms with E-state index in [1.54, 1.807) is 0 Å². The van der Waals surface area contributed by atoms with Crippen molar-refractivity contribution in [3.63, 3.8) is 0 Å². The summed E-state index contributed by atoms with van der Waals surface area (Å²) < 4.78 is 2.13. The molecule has 0 saturated carbocycles. The largest absolute Gasteiger partial charge is 0.352 e. The Hall–Kier alpha value is -1.87. The van der Waals surface area contributed by atoms with Crippen LogP contribution in [0.3, 0.4) is 0 Å². The molecule has 110 valence electrons. The molecule has 0 aliphatic rings. The van der Waals surface area contributed by atoms with Gasteiger partial charge in [0, 0.05) is 36.5 Å². The molecule has 2 aromatic rings. The van der Waals surface area contributed by atoms with Crippen molar-refractivity contribution in [1.29, 1.82) is 0 Å². The predicted molar refractivity (Wildman–Crippen MR) is 83.8 cm³/mol. The van der Waals surface area contributed by atoms with Crippen LogP contribution in [0.5, 0.6) is 0 Å². The van der Waals surface area contributed by atoms with Crippen LogP contribution in [0.4, 0.5) is 0 Å². The fourth-order valence-corrected chi connectivity index (χ4v) is 2.18. The number of nitrogens with zero attached hydrogens (tertiary/aromatic N) is 1. The second-order valence-corrected chi connectivity index (χ2v) is 5.41. The van der Waals surface area contributed by atoms with E-state index in [9.17, 15) is 4.79 Å². The van der Waals surface area contributed by atoms with Gasteiger partial charge in [-0.3, -0.25) is 4.79 Å². The molecule has 21 heavy (non-hydrogen) atoms. The summed E-state index contributed by atoms with van der Waals surface area (Å²) in [5.41, 5.74) is 1.06. The highest BCUT2D eigenvalue weighted by Crippen LogP contribution is 2.09. The Morgan fingerprint density at radius 3 is 2.48 bits per heavy atom. The first kappa shape index (κ1) is 15.5. The molecule has 1 aromatic carbocycles. The monoisotopic (exact) mass is 303 g/mol. The van der Waals surface area contributed by atoms with Crippen molar-refractivity contribution in [2.24, 2.45) is 0 Å². The first-order chi connectivity index (χ1) is 10.2. The average Bonchev–Trinajstić information content (AvgIpc) is 2.52. The van der Waals surface area contributed by atoms with Crippen molar-refractivity contribution in [3.05, 3.63) is 65.4 Å². The zero-order valence-corrected chi connectivity index (χ0v) is 12.7. The smallest absolute Gasteiger partial charge is 0.220 e. The maximum atomic E-state index is 11.8. The van der Waals surface area contributed by atoms with E-state index in [0.717, 1.165) is 24.9 Å². The van der Waals surface area contributed by atoms with Crippen molar-refractivity contribution in [2.75, 3.05) is 0 Å². The number of benzene rings is 1. The first-order valence-electron chi connectivity index (χ1n) is 7.19. The van der Waals surface area contributed by atoms with Crippen molar-refractivity contribution in [2.45, 2.75) is 32.4 Å². The van der Waals surface area contributed by atoms with Gasteiger partial charge in [0.15, 0.2) is 12.4 Å². The van der Waals surface area contributed by atoms with Crippen LogP contribution in [0.2, 0.25) is 5.02 Å². The van der Waals surface area contributed by atoms with Crippen LogP contribution in [0.15, 0.2) is 54.9 Å². The van der Waals surface area contributed by atoms with Crippen LogP contribution < -0.4 is 9.88 Å². The molecule has 0 atom stereocenters. The highest BCUT2D eigenvalue weighted by molar-refractivity contribution is 6.30. The van der Waals surface area contributed by atoms with Gasteiger partial charge < -0.3 is 5.32 Å². The van der Waals surface area contributed by atoms with Crippen LogP contribution in [0, 0.1) is 0 Å². The fraction of sp³-hybridized carbons (Fsp3) is 0.294. The van der Waals surface area contributed by atoms with E-state index >= 15 is 0 Å². The summed E-state index contributed by atoms with van der Waals surface area (Å²) in [5, 5.41) is 3.64. The molecule has 0 aliphatic heterocycles. The third-order valence-electron chi connectivity index (χ3n) is 3.25. The molecule has 2 rings (SSSR count). The van der Waals surface area contributed by atoms with Crippen LogP contribution in [-0.2, 0) is 17.9 Å². The van der Waals surface area contributed by atoms with Crippen molar-refractivity contribution in [3.8, 4) is 0 Å². The molecule has 0 saturated heterocycles. The van der Waals surface area contributed by atoms with Gasteiger partial charge in [0.05, 0.1) is 0 Å². The van der Waals surface area contributed by atoms with E-state index in [2.05, 4.69) is 9.88 Å². The molecule has 0 radical (unpaired) electrons. The number of halogens is 1. The summed E-state index contributed by atoms with van der Waals surface area (Å²) in [6.07, 6.45) is 6.56. The summed E-state index contributed by atoms with van der Waals surface area (Å²) in [7, 11) is 0. The number of hydrogen-bond acceptors (Lipinski definition) is 1. The molecular formula is C17H20ClN2O+. The molecule has 1 amide bonds. The molecule has 3 nitrogen and oxygen atoms in total. The lowest BCUT2D eigenvalue weighted by atomic mass is 10.2. The second kappa shape index (κ2) is 8.42. The molecule has 1 aromatic heterocycles. The van der Waals surface area contributed by atoms with E-state index in [1.807, 2.05) is 54.9 Å². The number of carbonyl (C=O) groups is 1. The van der Waals surface area contributed by atoms with Crippen molar-refractivity contribution in [1.82, 2.24) is 5.32 Å². The van der Waals surface area contributed by atoms with Crippen molar-refractivity contribution >= 4 is 17.5 Å². The first-order valence-corrected chi connectivity index (χ1v) is 7.57. The minimum absolute atomic E-state index is 0.100. The quantitative estimate of drug-likeness (QED) is 0.619. The number of aryl methyl sites for hydroxylation is 1.